The van der Waals surface area contributed by atoms with E-state index in [0.29, 0.717) is 19.1 Å². The van der Waals surface area contributed by atoms with Crippen molar-refractivity contribution >= 4 is 0 Å². The predicted octanol–water partition coefficient (Wildman–Crippen LogP) is 8.35. The number of hydrogen-bond acceptors (Lipinski definition) is 2. The lowest BCUT2D eigenvalue weighted by molar-refractivity contribution is 0.0479. The van der Waals surface area contributed by atoms with E-state index in [4.69, 9.17) is 9.47 Å². The monoisotopic (exact) mass is 460 g/mol. The Labute approximate surface area is 199 Å². The molecular formula is C29H42F2O2. The topological polar surface area (TPSA) is 18.5 Å². The molecule has 2 nitrogen and oxygen atoms in total. The third-order valence-electron chi connectivity index (χ3n) is 8.89. The minimum absolute atomic E-state index is 0.00507. The SMILES string of the molecule is C=CCCC1CCC(C2CCC3CC(COc4ccc(OCC)c(F)c4F)CCC3C2)CC1. The van der Waals surface area contributed by atoms with Gasteiger partial charge in [0.15, 0.2) is 11.5 Å². The Balaban J connectivity index is 1.22. The molecule has 0 heterocycles. The first-order valence-electron chi connectivity index (χ1n) is 13.4. The summed E-state index contributed by atoms with van der Waals surface area (Å²) in [4.78, 5) is 0. The highest BCUT2D eigenvalue weighted by Crippen LogP contribution is 2.49. The van der Waals surface area contributed by atoms with E-state index in [9.17, 15) is 8.78 Å². The number of benzene rings is 1. The summed E-state index contributed by atoms with van der Waals surface area (Å²) in [6.07, 6.45) is 18.0. The van der Waals surface area contributed by atoms with Crippen LogP contribution in [0.3, 0.4) is 0 Å². The van der Waals surface area contributed by atoms with E-state index in [2.05, 4.69) is 12.7 Å². The van der Waals surface area contributed by atoms with Gasteiger partial charge in [-0.15, -0.1) is 6.58 Å². The van der Waals surface area contributed by atoms with Gasteiger partial charge in [-0.1, -0.05) is 18.9 Å². The molecule has 1 aromatic rings. The van der Waals surface area contributed by atoms with Crippen LogP contribution in [0.4, 0.5) is 8.78 Å². The molecule has 4 unspecified atom stereocenters. The number of ether oxygens (including phenoxy) is 2. The largest absolute Gasteiger partial charge is 0.491 e. The second kappa shape index (κ2) is 11.7. The Morgan fingerprint density at radius 2 is 1.33 bits per heavy atom. The van der Waals surface area contributed by atoms with Gasteiger partial charge in [0.05, 0.1) is 13.2 Å². The van der Waals surface area contributed by atoms with Crippen molar-refractivity contribution in [2.75, 3.05) is 13.2 Å². The van der Waals surface area contributed by atoms with Crippen molar-refractivity contribution in [1.29, 1.82) is 0 Å². The molecule has 3 fully saturated rings. The normalized spacial score (nSPS) is 32.1. The lowest BCUT2D eigenvalue weighted by atomic mass is 9.61. The molecule has 0 aromatic heterocycles. The minimum Gasteiger partial charge on any atom is -0.491 e. The summed E-state index contributed by atoms with van der Waals surface area (Å²) in [6, 6.07) is 2.95. The second-order valence-corrected chi connectivity index (χ2v) is 10.9. The van der Waals surface area contributed by atoms with Crippen LogP contribution in [0.15, 0.2) is 24.8 Å². The lowest BCUT2D eigenvalue weighted by Crippen LogP contribution is -2.35. The van der Waals surface area contributed by atoms with Crippen molar-refractivity contribution < 1.29 is 18.3 Å². The maximum atomic E-state index is 14.3. The van der Waals surface area contributed by atoms with Crippen LogP contribution in [0.2, 0.25) is 0 Å². The molecule has 0 spiro atoms. The Hall–Kier alpha value is -1.58. The number of fused-ring (bicyclic) bond motifs is 1. The van der Waals surface area contributed by atoms with Gasteiger partial charge < -0.3 is 9.47 Å². The van der Waals surface area contributed by atoms with E-state index >= 15 is 0 Å². The molecule has 0 N–H and O–H groups in total. The Kier molecular flexibility index (Phi) is 8.71. The molecule has 3 aliphatic carbocycles. The van der Waals surface area contributed by atoms with Gasteiger partial charge in [-0.3, -0.25) is 0 Å². The van der Waals surface area contributed by atoms with Gasteiger partial charge in [-0.25, -0.2) is 0 Å². The maximum absolute atomic E-state index is 14.3. The molecule has 0 bridgehead atoms. The molecule has 4 rings (SSSR count). The smallest absolute Gasteiger partial charge is 0.204 e. The van der Waals surface area contributed by atoms with E-state index in [-0.39, 0.29) is 11.5 Å². The maximum Gasteiger partial charge on any atom is 0.204 e. The van der Waals surface area contributed by atoms with Crippen molar-refractivity contribution in [3.63, 3.8) is 0 Å². The third-order valence-corrected chi connectivity index (χ3v) is 8.89. The molecule has 0 saturated heterocycles. The number of allylic oxidation sites excluding steroid dienone is 1. The molecule has 33 heavy (non-hydrogen) atoms. The van der Waals surface area contributed by atoms with Gasteiger partial charge in [0.1, 0.15) is 0 Å². The van der Waals surface area contributed by atoms with Crippen LogP contribution >= 0.6 is 0 Å². The molecular weight excluding hydrogens is 418 g/mol. The number of halogens is 2. The standard InChI is InChI=1S/C29H42F2O2/c1-3-5-6-20-7-10-22(11-8-20)24-14-13-23-17-21(9-12-25(23)18-24)19-33-27-16-15-26(32-4-2)28(30)29(27)31/h3,15-16,20-25H,1,4-14,17-19H2,2H3. The summed E-state index contributed by atoms with van der Waals surface area (Å²) < 4.78 is 39.3. The molecule has 4 atom stereocenters. The Bertz CT molecular complexity index is 771. The summed E-state index contributed by atoms with van der Waals surface area (Å²) in [7, 11) is 0. The van der Waals surface area contributed by atoms with Gasteiger partial charge >= 0.3 is 0 Å². The van der Waals surface area contributed by atoms with Gasteiger partial charge in [-0.2, -0.15) is 8.78 Å². The van der Waals surface area contributed by atoms with Gasteiger partial charge in [0, 0.05) is 0 Å². The molecule has 0 amide bonds. The van der Waals surface area contributed by atoms with Crippen LogP contribution in [0, 0.1) is 47.1 Å². The van der Waals surface area contributed by atoms with Crippen molar-refractivity contribution in [1.82, 2.24) is 0 Å². The second-order valence-electron chi connectivity index (χ2n) is 10.9. The first-order chi connectivity index (χ1) is 16.1. The summed E-state index contributed by atoms with van der Waals surface area (Å²) in [5.74, 6) is 2.96. The van der Waals surface area contributed by atoms with Gasteiger partial charge in [-0.05, 0) is 119 Å². The predicted molar refractivity (Wildman–Crippen MR) is 130 cm³/mol. The first-order valence-corrected chi connectivity index (χ1v) is 13.4. The van der Waals surface area contributed by atoms with Crippen molar-refractivity contribution in [3.8, 4) is 11.5 Å². The number of hydrogen-bond donors (Lipinski definition) is 0. The number of rotatable bonds is 9. The summed E-state index contributed by atoms with van der Waals surface area (Å²) in [5, 5.41) is 0. The average molecular weight is 461 g/mol. The fourth-order valence-electron chi connectivity index (χ4n) is 7.00. The lowest BCUT2D eigenvalue weighted by Gasteiger charge is -2.45. The van der Waals surface area contributed by atoms with E-state index in [1.807, 2.05) is 0 Å². The van der Waals surface area contributed by atoms with Crippen LogP contribution in [0.25, 0.3) is 0 Å². The van der Waals surface area contributed by atoms with Crippen LogP contribution in [0.5, 0.6) is 11.5 Å². The summed E-state index contributed by atoms with van der Waals surface area (Å²) >= 11 is 0. The zero-order valence-corrected chi connectivity index (χ0v) is 20.4. The van der Waals surface area contributed by atoms with Crippen LogP contribution in [0.1, 0.15) is 84.0 Å². The van der Waals surface area contributed by atoms with E-state index < -0.39 is 11.6 Å². The molecule has 0 radical (unpaired) electrons. The molecule has 3 aliphatic rings. The zero-order chi connectivity index (χ0) is 23.2. The summed E-state index contributed by atoms with van der Waals surface area (Å²) in [6.45, 7) is 6.41. The van der Waals surface area contributed by atoms with Crippen molar-refractivity contribution in [2.45, 2.75) is 84.0 Å². The van der Waals surface area contributed by atoms with E-state index in [0.717, 1.165) is 36.0 Å². The van der Waals surface area contributed by atoms with Crippen LogP contribution < -0.4 is 9.47 Å². The quantitative estimate of drug-likeness (QED) is 0.345. The molecule has 184 valence electrons. The highest BCUT2D eigenvalue weighted by molar-refractivity contribution is 5.35. The molecule has 0 aliphatic heterocycles. The van der Waals surface area contributed by atoms with Gasteiger partial charge in [0.2, 0.25) is 11.6 Å². The van der Waals surface area contributed by atoms with Crippen LogP contribution in [-0.4, -0.2) is 13.2 Å². The summed E-state index contributed by atoms with van der Waals surface area (Å²) in [5.41, 5.74) is 0. The van der Waals surface area contributed by atoms with Gasteiger partial charge in [0.25, 0.3) is 0 Å². The highest BCUT2D eigenvalue weighted by atomic mass is 19.2. The fourth-order valence-corrected chi connectivity index (χ4v) is 7.00. The fraction of sp³-hybridized carbons (Fsp3) is 0.724. The average Bonchev–Trinajstić information content (AvgIpc) is 2.85. The first kappa shape index (κ1) is 24.5. The highest BCUT2D eigenvalue weighted by Gasteiger charge is 2.39. The van der Waals surface area contributed by atoms with E-state index in [1.54, 1.807) is 6.92 Å². The Morgan fingerprint density at radius 1 is 0.788 bits per heavy atom. The zero-order valence-electron chi connectivity index (χ0n) is 20.4. The van der Waals surface area contributed by atoms with Crippen molar-refractivity contribution in [2.24, 2.45) is 35.5 Å². The Morgan fingerprint density at radius 3 is 2.00 bits per heavy atom. The third kappa shape index (κ3) is 6.11. The molecule has 4 heteroatoms. The van der Waals surface area contributed by atoms with E-state index in [1.165, 1.54) is 82.8 Å². The van der Waals surface area contributed by atoms with Crippen LogP contribution in [-0.2, 0) is 0 Å². The molecule has 1 aromatic carbocycles. The minimum atomic E-state index is -0.953. The molecule has 3 saturated carbocycles. The van der Waals surface area contributed by atoms with Crippen molar-refractivity contribution in [3.05, 3.63) is 36.4 Å².